The zero-order valence-electron chi connectivity index (χ0n) is 12.5. The standard InChI is InChI=1S/C17H21FN2/c1-12-5-10-16(20(3)4)11-17(12)19-13(2)14-6-8-15(18)9-7-14/h6-12H,5H2,1-4H3/b19-13+. The average Bonchev–Trinajstić information content (AvgIpc) is 2.41. The number of aliphatic imine (C=N–C) groups is 1. The van der Waals surface area contributed by atoms with E-state index in [1.54, 1.807) is 12.1 Å². The van der Waals surface area contributed by atoms with Crippen LogP contribution >= 0.6 is 0 Å². The van der Waals surface area contributed by atoms with Crippen molar-refractivity contribution in [3.8, 4) is 0 Å². The van der Waals surface area contributed by atoms with Crippen molar-refractivity contribution >= 4 is 5.71 Å². The maximum atomic E-state index is 12.9. The lowest BCUT2D eigenvalue weighted by Gasteiger charge is -2.22. The van der Waals surface area contributed by atoms with Crippen molar-refractivity contribution in [3.63, 3.8) is 0 Å². The van der Waals surface area contributed by atoms with Gasteiger partial charge >= 0.3 is 0 Å². The lowest BCUT2D eigenvalue weighted by atomic mass is 9.97. The molecule has 0 heterocycles. The summed E-state index contributed by atoms with van der Waals surface area (Å²) in [6.07, 6.45) is 5.36. The minimum atomic E-state index is -0.218. The van der Waals surface area contributed by atoms with Gasteiger partial charge in [-0.2, -0.15) is 0 Å². The quantitative estimate of drug-likeness (QED) is 0.759. The first-order valence-corrected chi connectivity index (χ1v) is 6.87. The number of nitrogens with zero attached hydrogens (tertiary/aromatic N) is 2. The van der Waals surface area contributed by atoms with Crippen LogP contribution in [0.1, 0.15) is 25.8 Å². The molecule has 1 atom stereocenters. The van der Waals surface area contributed by atoms with Crippen molar-refractivity contribution in [1.29, 1.82) is 0 Å². The minimum Gasteiger partial charge on any atom is -0.378 e. The van der Waals surface area contributed by atoms with Gasteiger partial charge in [0.05, 0.1) is 0 Å². The maximum Gasteiger partial charge on any atom is 0.123 e. The highest BCUT2D eigenvalue weighted by atomic mass is 19.1. The van der Waals surface area contributed by atoms with E-state index in [1.807, 2.05) is 21.0 Å². The summed E-state index contributed by atoms with van der Waals surface area (Å²) in [5, 5.41) is 0. The second-order valence-electron chi connectivity index (χ2n) is 5.43. The smallest absolute Gasteiger partial charge is 0.123 e. The highest BCUT2D eigenvalue weighted by Crippen LogP contribution is 2.26. The average molecular weight is 272 g/mol. The van der Waals surface area contributed by atoms with Crippen LogP contribution in [0.2, 0.25) is 0 Å². The van der Waals surface area contributed by atoms with Crippen molar-refractivity contribution in [2.45, 2.75) is 20.3 Å². The van der Waals surface area contributed by atoms with Crippen molar-refractivity contribution in [1.82, 2.24) is 4.90 Å². The van der Waals surface area contributed by atoms with Crippen LogP contribution in [0.15, 0.2) is 52.8 Å². The summed E-state index contributed by atoms with van der Waals surface area (Å²) in [4.78, 5) is 6.83. The molecule has 0 fully saturated rings. The fraction of sp³-hybridized carbons (Fsp3) is 0.353. The molecule has 1 aromatic rings. The van der Waals surface area contributed by atoms with Crippen molar-refractivity contribution in [2.75, 3.05) is 14.1 Å². The SMILES string of the molecule is C/C(=N\C1=CC(N(C)C)=CCC1C)c1ccc(F)cc1. The third kappa shape index (κ3) is 3.35. The van der Waals surface area contributed by atoms with Crippen molar-refractivity contribution < 1.29 is 4.39 Å². The highest BCUT2D eigenvalue weighted by molar-refractivity contribution is 5.99. The Labute approximate surface area is 120 Å². The molecule has 0 saturated carbocycles. The second kappa shape index (κ2) is 6.04. The van der Waals surface area contributed by atoms with Crippen LogP contribution in [-0.4, -0.2) is 24.7 Å². The molecule has 20 heavy (non-hydrogen) atoms. The number of rotatable bonds is 3. The Kier molecular flexibility index (Phi) is 4.38. The van der Waals surface area contributed by atoms with Gasteiger partial charge in [0.25, 0.3) is 0 Å². The Morgan fingerprint density at radius 3 is 2.50 bits per heavy atom. The van der Waals surface area contributed by atoms with E-state index in [9.17, 15) is 4.39 Å². The van der Waals surface area contributed by atoms with Gasteiger partial charge in [0.15, 0.2) is 0 Å². The van der Waals surface area contributed by atoms with Gasteiger partial charge in [0, 0.05) is 37.1 Å². The number of hydrogen-bond acceptors (Lipinski definition) is 2. The van der Waals surface area contributed by atoms with E-state index in [-0.39, 0.29) is 5.82 Å². The summed E-state index contributed by atoms with van der Waals surface area (Å²) in [5.74, 6) is 0.193. The maximum absolute atomic E-state index is 12.9. The van der Waals surface area contributed by atoms with Crippen LogP contribution in [0.25, 0.3) is 0 Å². The molecule has 106 valence electrons. The molecule has 2 nitrogen and oxygen atoms in total. The largest absolute Gasteiger partial charge is 0.378 e. The van der Waals surface area contributed by atoms with E-state index >= 15 is 0 Å². The van der Waals surface area contributed by atoms with Gasteiger partial charge in [-0.05, 0) is 37.1 Å². The third-order valence-electron chi connectivity index (χ3n) is 3.56. The van der Waals surface area contributed by atoms with Gasteiger partial charge in [-0.1, -0.05) is 25.1 Å². The number of hydrogen-bond donors (Lipinski definition) is 0. The molecule has 0 aromatic heterocycles. The number of likely N-dealkylation sites (N-methyl/N-ethyl adjacent to an activating group) is 1. The van der Waals surface area contributed by atoms with Gasteiger partial charge in [-0.25, -0.2) is 4.39 Å². The first-order chi connectivity index (χ1) is 9.47. The Hall–Kier alpha value is -1.90. The molecular weight excluding hydrogens is 251 g/mol. The van der Waals surface area contributed by atoms with Crippen LogP contribution in [-0.2, 0) is 0 Å². The molecule has 0 bridgehead atoms. The van der Waals surface area contributed by atoms with Crippen molar-refractivity contribution in [2.24, 2.45) is 10.9 Å². The van der Waals surface area contributed by atoms with Crippen molar-refractivity contribution in [3.05, 3.63) is 59.2 Å². The van der Waals surface area contributed by atoms with E-state index in [2.05, 4.69) is 24.0 Å². The summed E-state index contributed by atoms with van der Waals surface area (Å²) >= 11 is 0. The molecule has 1 aromatic carbocycles. The van der Waals surface area contributed by atoms with Crippen LogP contribution in [0, 0.1) is 11.7 Å². The molecule has 3 heteroatoms. The van der Waals surface area contributed by atoms with Gasteiger partial charge in [-0.15, -0.1) is 0 Å². The second-order valence-corrected chi connectivity index (χ2v) is 5.43. The van der Waals surface area contributed by atoms with E-state index < -0.39 is 0 Å². The summed E-state index contributed by atoms with van der Waals surface area (Å²) in [6, 6.07) is 6.48. The van der Waals surface area contributed by atoms with Gasteiger partial charge in [0.1, 0.15) is 5.82 Å². The monoisotopic (exact) mass is 272 g/mol. The molecular formula is C17H21FN2. The molecule has 0 aliphatic heterocycles. The molecule has 1 unspecified atom stereocenters. The van der Waals surface area contributed by atoms with E-state index in [0.717, 1.165) is 23.4 Å². The number of allylic oxidation sites excluding steroid dienone is 3. The van der Waals surface area contributed by atoms with E-state index in [1.165, 1.54) is 17.8 Å². The Morgan fingerprint density at radius 2 is 1.90 bits per heavy atom. The number of benzene rings is 1. The topological polar surface area (TPSA) is 15.6 Å². The first-order valence-electron chi connectivity index (χ1n) is 6.87. The fourth-order valence-corrected chi connectivity index (χ4v) is 2.17. The van der Waals surface area contributed by atoms with Crippen LogP contribution < -0.4 is 0 Å². The van der Waals surface area contributed by atoms with E-state index in [4.69, 9.17) is 4.99 Å². The summed E-state index contributed by atoms with van der Waals surface area (Å²) in [7, 11) is 4.07. The molecule has 1 aliphatic rings. The summed E-state index contributed by atoms with van der Waals surface area (Å²) in [5.41, 5.74) is 4.15. The Morgan fingerprint density at radius 1 is 1.25 bits per heavy atom. The summed E-state index contributed by atoms with van der Waals surface area (Å²) in [6.45, 7) is 4.14. The van der Waals surface area contributed by atoms with Gasteiger partial charge in [0.2, 0.25) is 0 Å². The van der Waals surface area contributed by atoms with Crippen LogP contribution in [0.3, 0.4) is 0 Å². The molecule has 1 aliphatic carbocycles. The predicted octanol–water partition coefficient (Wildman–Crippen LogP) is 4.00. The minimum absolute atomic E-state index is 0.218. The van der Waals surface area contributed by atoms with Crippen LogP contribution in [0.4, 0.5) is 4.39 Å². The zero-order chi connectivity index (χ0) is 14.7. The van der Waals surface area contributed by atoms with Crippen LogP contribution in [0.5, 0.6) is 0 Å². The fourth-order valence-electron chi connectivity index (χ4n) is 2.17. The lowest BCUT2D eigenvalue weighted by Crippen LogP contribution is -2.14. The molecule has 0 saturated heterocycles. The zero-order valence-corrected chi connectivity index (χ0v) is 12.5. The molecule has 0 spiro atoms. The Bertz CT molecular complexity index is 565. The normalized spacial score (nSPS) is 19.4. The lowest BCUT2D eigenvalue weighted by molar-refractivity contribution is 0.511. The van der Waals surface area contributed by atoms with E-state index in [0.29, 0.717) is 5.92 Å². The Balaban J connectivity index is 2.28. The van der Waals surface area contributed by atoms with Gasteiger partial charge in [-0.3, -0.25) is 4.99 Å². The molecule has 0 radical (unpaired) electrons. The number of halogens is 1. The highest BCUT2D eigenvalue weighted by Gasteiger charge is 2.14. The third-order valence-corrected chi connectivity index (χ3v) is 3.56. The first kappa shape index (κ1) is 14.5. The predicted molar refractivity (Wildman–Crippen MR) is 82.2 cm³/mol. The molecule has 0 amide bonds. The molecule has 2 rings (SSSR count). The summed E-state index contributed by atoms with van der Waals surface area (Å²) < 4.78 is 12.9. The molecule has 0 N–H and O–H groups in total. The van der Waals surface area contributed by atoms with Gasteiger partial charge < -0.3 is 4.90 Å².